The molecule has 0 radical (unpaired) electrons. The third-order valence-corrected chi connectivity index (χ3v) is 1.52. The SMILES string of the molecule is CN(C)C(=O)Cn1ncc(C(=O)[O-])n1.[Na+]. The maximum atomic E-state index is 11.2. The molecule has 0 spiro atoms. The number of carbonyl (C=O) groups is 2. The summed E-state index contributed by atoms with van der Waals surface area (Å²) >= 11 is 0. The molecule has 0 bridgehead atoms. The summed E-state index contributed by atoms with van der Waals surface area (Å²) in [5.74, 6) is -1.63. The number of carboxylic acids is 1. The van der Waals surface area contributed by atoms with Crippen LogP contribution < -0.4 is 34.7 Å². The molecule has 0 atom stereocenters. The van der Waals surface area contributed by atoms with Gasteiger partial charge in [-0.1, -0.05) is 0 Å². The van der Waals surface area contributed by atoms with Crippen LogP contribution in [0.5, 0.6) is 0 Å². The van der Waals surface area contributed by atoms with Crippen LogP contribution in [-0.4, -0.2) is 45.9 Å². The average molecular weight is 220 g/mol. The van der Waals surface area contributed by atoms with Gasteiger partial charge < -0.3 is 14.8 Å². The maximum Gasteiger partial charge on any atom is 1.00 e. The zero-order valence-corrected chi connectivity index (χ0v) is 10.8. The summed E-state index contributed by atoms with van der Waals surface area (Å²) < 4.78 is 0. The molecular formula is C7H9N4NaO3. The second-order valence-electron chi connectivity index (χ2n) is 2.84. The quantitative estimate of drug-likeness (QED) is 0.474. The smallest absolute Gasteiger partial charge is 0.543 e. The Balaban J connectivity index is 0.00000196. The fourth-order valence-corrected chi connectivity index (χ4v) is 0.729. The maximum absolute atomic E-state index is 11.2. The average Bonchev–Trinajstić information content (AvgIpc) is 2.52. The third-order valence-electron chi connectivity index (χ3n) is 1.52. The molecule has 0 unspecified atom stereocenters. The van der Waals surface area contributed by atoms with Gasteiger partial charge in [-0.3, -0.25) is 4.79 Å². The molecule has 1 amide bonds. The van der Waals surface area contributed by atoms with Gasteiger partial charge in [0.1, 0.15) is 12.2 Å². The molecule has 0 fully saturated rings. The van der Waals surface area contributed by atoms with Crippen LogP contribution in [0.4, 0.5) is 0 Å². The van der Waals surface area contributed by atoms with E-state index in [0.29, 0.717) is 0 Å². The van der Waals surface area contributed by atoms with Crippen molar-refractivity contribution < 1.29 is 44.3 Å². The zero-order valence-electron chi connectivity index (χ0n) is 8.80. The predicted molar refractivity (Wildman–Crippen MR) is 43.0 cm³/mol. The van der Waals surface area contributed by atoms with Crippen molar-refractivity contribution in [1.29, 1.82) is 0 Å². The summed E-state index contributed by atoms with van der Waals surface area (Å²) in [6.07, 6.45) is 1.04. The normalized spacial score (nSPS) is 9.20. The van der Waals surface area contributed by atoms with Gasteiger partial charge >= 0.3 is 29.6 Å². The number of hydrogen-bond acceptors (Lipinski definition) is 5. The first-order valence-electron chi connectivity index (χ1n) is 3.82. The molecule has 7 nitrogen and oxygen atoms in total. The third kappa shape index (κ3) is 3.98. The molecule has 8 heteroatoms. The van der Waals surface area contributed by atoms with Gasteiger partial charge in [-0.2, -0.15) is 15.0 Å². The number of nitrogens with zero attached hydrogens (tertiary/aromatic N) is 4. The molecule has 1 aromatic rings. The number of carbonyl (C=O) groups excluding carboxylic acids is 2. The number of rotatable bonds is 3. The minimum atomic E-state index is -1.41. The first-order valence-corrected chi connectivity index (χ1v) is 3.82. The van der Waals surface area contributed by atoms with E-state index < -0.39 is 5.97 Å². The molecule has 0 aromatic carbocycles. The van der Waals surface area contributed by atoms with Gasteiger partial charge in [0, 0.05) is 14.1 Å². The van der Waals surface area contributed by atoms with Crippen LogP contribution in [0, 0.1) is 0 Å². The van der Waals surface area contributed by atoms with Crippen molar-refractivity contribution in [2.24, 2.45) is 0 Å². The fourth-order valence-electron chi connectivity index (χ4n) is 0.729. The Hall–Kier alpha value is -0.920. The number of hydrogen-bond donors (Lipinski definition) is 0. The summed E-state index contributed by atoms with van der Waals surface area (Å²) in [6, 6.07) is 0. The first kappa shape index (κ1) is 14.1. The van der Waals surface area contributed by atoms with E-state index in [4.69, 9.17) is 0 Å². The van der Waals surface area contributed by atoms with Gasteiger partial charge in [0.25, 0.3) is 0 Å². The van der Waals surface area contributed by atoms with Crippen LogP contribution in [0.1, 0.15) is 10.5 Å². The van der Waals surface area contributed by atoms with E-state index in [2.05, 4.69) is 10.2 Å². The second-order valence-corrected chi connectivity index (χ2v) is 2.84. The van der Waals surface area contributed by atoms with Crippen molar-refractivity contribution in [3.8, 4) is 0 Å². The van der Waals surface area contributed by atoms with Gasteiger partial charge in [0.15, 0.2) is 0 Å². The van der Waals surface area contributed by atoms with Crippen LogP contribution in [0.3, 0.4) is 0 Å². The Labute approximate surface area is 108 Å². The van der Waals surface area contributed by atoms with Crippen LogP contribution in [0.25, 0.3) is 0 Å². The molecule has 1 heterocycles. The number of aromatic nitrogens is 3. The standard InChI is InChI=1S/C7H10N4O3.Na/c1-10(2)6(12)4-11-8-3-5(9-11)7(13)14;/h3H,4H2,1-2H3,(H,13,14);/q;+1/p-1. The van der Waals surface area contributed by atoms with Crippen LogP contribution in [0.2, 0.25) is 0 Å². The summed E-state index contributed by atoms with van der Waals surface area (Å²) in [7, 11) is 3.18. The van der Waals surface area contributed by atoms with E-state index in [-0.39, 0.29) is 47.7 Å². The minimum Gasteiger partial charge on any atom is -0.543 e. The number of carboxylic acid groups (broad SMARTS) is 1. The zero-order chi connectivity index (χ0) is 10.7. The van der Waals surface area contributed by atoms with Crippen molar-refractivity contribution in [2.45, 2.75) is 6.54 Å². The monoisotopic (exact) mass is 220 g/mol. The summed E-state index contributed by atoms with van der Waals surface area (Å²) in [5.41, 5.74) is -0.281. The van der Waals surface area contributed by atoms with E-state index in [1.54, 1.807) is 14.1 Å². The molecule has 1 rings (SSSR count). The Bertz CT molecular complexity index is 363. The molecule has 0 aliphatic heterocycles. The van der Waals surface area contributed by atoms with E-state index in [1.165, 1.54) is 4.90 Å². The fraction of sp³-hybridized carbons (Fsp3) is 0.429. The second kappa shape index (κ2) is 5.84. The molecule has 1 aromatic heterocycles. The van der Waals surface area contributed by atoms with Crippen molar-refractivity contribution in [1.82, 2.24) is 19.9 Å². The van der Waals surface area contributed by atoms with Gasteiger partial charge in [0.05, 0.1) is 12.2 Å². The largest absolute Gasteiger partial charge is 1.00 e. The molecule has 76 valence electrons. The van der Waals surface area contributed by atoms with Crippen LogP contribution in [-0.2, 0) is 11.3 Å². The summed E-state index contributed by atoms with van der Waals surface area (Å²) in [5, 5.41) is 17.4. The van der Waals surface area contributed by atoms with E-state index >= 15 is 0 Å². The van der Waals surface area contributed by atoms with E-state index in [9.17, 15) is 14.7 Å². The van der Waals surface area contributed by atoms with Crippen LogP contribution >= 0.6 is 0 Å². The Morgan fingerprint density at radius 3 is 2.53 bits per heavy atom. The summed E-state index contributed by atoms with van der Waals surface area (Å²) in [6.45, 7) is -0.0831. The van der Waals surface area contributed by atoms with Crippen LogP contribution in [0.15, 0.2) is 6.20 Å². The van der Waals surface area contributed by atoms with Gasteiger partial charge in [-0.15, -0.1) is 0 Å². The van der Waals surface area contributed by atoms with Gasteiger partial charge in [0.2, 0.25) is 5.91 Å². The number of amides is 1. The molecule has 0 aliphatic rings. The molecule has 0 saturated heterocycles. The Kier molecular flexibility index (Phi) is 5.48. The molecule has 0 aliphatic carbocycles. The van der Waals surface area contributed by atoms with E-state index in [1.807, 2.05) is 0 Å². The molecule has 15 heavy (non-hydrogen) atoms. The molecule has 0 saturated carbocycles. The Morgan fingerprint density at radius 1 is 1.53 bits per heavy atom. The van der Waals surface area contributed by atoms with Crippen molar-refractivity contribution in [3.05, 3.63) is 11.9 Å². The van der Waals surface area contributed by atoms with Crippen molar-refractivity contribution in [3.63, 3.8) is 0 Å². The van der Waals surface area contributed by atoms with Crippen molar-refractivity contribution >= 4 is 11.9 Å². The number of likely N-dealkylation sites (N-methyl/N-ethyl adjacent to an activating group) is 1. The Morgan fingerprint density at radius 2 is 2.13 bits per heavy atom. The predicted octanol–water partition coefficient (Wildman–Crippen LogP) is -5.27. The van der Waals surface area contributed by atoms with Gasteiger partial charge in [-0.05, 0) is 0 Å². The number of aromatic carboxylic acids is 1. The topological polar surface area (TPSA) is 91.2 Å². The molecular weight excluding hydrogens is 211 g/mol. The van der Waals surface area contributed by atoms with Gasteiger partial charge in [-0.25, -0.2) is 0 Å². The summed E-state index contributed by atoms with van der Waals surface area (Å²) in [4.78, 5) is 23.8. The van der Waals surface area contributed by atoms with E-state index in [0.717, 1.165) is 11.0 Å². The van der Waals surface area contributed by atoms with Crippen molar-refractivity contribution in [2.75, 3.05) is 14.1 Å². The first-order chi connectivity index (χ1) is 6.50. The molecule has 0 N–H and O–H groups in total. The minimum absolute atomic E-state index is 0.